The summed E-state index contributed by atoms with van der Waals surface area (Å²) in [5.41, 5.74) is 0. The second kappa shape index (κ2) is 3.65. The molecule has 2 saturated heterocycles. The number of piperidine rings is 2. The molecular formula is C10H16N2O. The van der Waals surface area contributed by atoms with Crippen molar-refractivity contribution in [1.82, 2.24) is 4.90 Å². The van der Waals surface area contributed by atoms with Gasteiger partial charge in [0.15, 0.2) is 0 Å². The van der Waals surface area contributed by atoms with Gasteiger partial charge in [-0.1, -0.05) is 0 Å². The van der Waals surface area contributed by atoms with E-state index in [9.17, 15) is 0 Å². The summed E-state index contributed by atoms with van der Waals surface area (Å²) in [6.45, 7) is 0.862. The molecule has 1 aliphatic carbocycles. The third-order valence-electron chi connectivity index (χ3n) is 3.50. The Bertz CT molecular complexity index is 215. The van der Waals surface area contributed by atoms with E-state index in [4.69, 9.17) is 10.4 Å². The predicted octanol–water partition coefficient (Wildman–Crippen LogP) is 0.745. The van der Waals surface area contributed by atoms with Gasteiger partial charge in [0.05, 0.1) is 12.7 Å². The minimum absolute atomic E-state index is 0.0830. The Kier molecular flexibility index (Phi) is 2.52. The first kappa shape index (κ1) is 8.98. The Morgan fingerprint density at radius 1 is 1.31 bits per heavy atom. The van der Waals surface area contributed by atoms with Gasteiger partial charge in [-0.3, -0.25) is 4.90 Å². The first-order chi connectivity index (χ1) is 6.36. The van der Waals surface area contributed by atoms with E-state index < -0.39 is 0 Å². The van der Waals surface area contributed by atoms with Crippen molar-refractivity contribution < 1.29 is 5.11 Å². The molecule has 72 valence electrons. The zero-order valence-corrected chi connectivity index (χ0v) is 7.82. The maximum atomic E-state index is 9.04. The van der Waals surface area contributed by atoms with E-state index in [-0.39, 0.29) is 12.6 Å². The van der Waals surface area contributed by atoms with Crippen molar-refractivity contribution in [2.75, 3.05) is 13.2 Å². The highest BCUT2D eigenvalue weighted by molar-refractivity contribution is 5.05. The molecule has 1 unspecified atom stereocenters. The quantitative estimate of drug-likeness (QED) is 0.682. The second-order valence-electron chi connectivity index (χ2n) is 4.10. The number of aliphatic hydroxyl groups is 1. The van der Waals surface area contributed by atoms with E-state index in [1.54, 1.807) is 0 Å². The van der Waals surface area contributed by atoms with Gasteiger partial charge in [-0.25, -0.2) is 0 Å². The molecule has 3 fully saturated rings. The summed E-state index contributed by atoms with van der Waals surface area (Å²) < 4.78 is 0. The molecule has 3 nitrogen and oxygen atoms in total. The molecule has 0 amide bonds. The SMILES string of the molecule is N#CC1C2CCC(CC2)N1CCO. The third kappa shape index (κ3) is 1.45. The summed E-state index contributed by atoms with van der Waals surface area (Å²) in [6.07, 6.45) is 4.88. The number of nitriles is 1. The van der Waals surface area contributed by atoms with E-state index >= 15 is 0 Å². The number of fused-ring (bicyclic) bond motifs is 3. The van der Waals surface area contributed by atoms with Crippen molar-refractivity contribution in [1.29, 1.82) is 5.26 Å². The van der Waals surface area contributed by atoms with Crippen LogP contribution in [0.4, 0.5) is 0 Å². The Balaban J connectivity index is 2.10. The van der Waals surface area contributed by atoms with Crippen LogP contribution in [0.25, 0.3) is 0 Å². The fourth-order valence-corrected chi connectivity index (χ4v) is 2.86. The van der Waals surface area contributed by atoms with Gasteiger partial charge in [-0.2, -0.15) is 5.26 Å². The van der Waals surface area contributed by atoms with Crippen LogP contribution in [0.3, 0.4) is 0 Å². The highest BCUT2D eigenvalue weighted by atomic mass is 16.3. The monoisotopic (exact) mass is 180 g/mol. The minimum Gasteiger partial charge on any atom is -0.395 e. The average Bonchev–Trinajstić information content (AvgIpc) is 2.20. The molecule has 1 saturated carbocycles. The van der Waals surface area contributed by atoms with Crippen LogP contribution in [0.2, 0.25) is 0 Å². The van der Waals surface area contributed by atoms with E-state index in [2.05, 4.69) is 11.0 Å². The van der Waals surface area contributed by atoms with E-state index in [0.29, 0.717) is 18.5 Å². The third-order valence-corrected chi connectivity index (χ3v) is 3.50. The van der Waals surface area contributed by atoms with Crippen molar-refractivity contribution in [3.63, 3.8) is 0 Å². The van der Waals surface area contributed by atoms with Gasteiger partial charge in [0.25, 0.3) is 0 Å². The molecule has 3 rings (SSSR count). The molecule has 2 heterocycles. The topological polar surface area (TPSA) is 47.3 Å². The van der Waals surface area contributed by atoms with Gasteiger partial charge in [-0.15, -0.1) is 0 Å². The summed E-state index contributed by atoms with van der Waals surface area (Å²) in [5.74, 6) is 0.571. The largest absolute Gasteiger partial charge is 0.395 e. The van der Waals surface area contributed by atoms with Crippen LogP contribution in [0.1, 0.15) is 25.7 Å². The van der Waals surface area contributed by atoms with Gasteiger partial charge in [0.1, 0.15) is 6.04 Å². The van der Waals surface area contributed by atoms with Crippen LogP contribution in [-0.2, 0) is 0 Å². The summed E-state index contributed by atoms with van der Waals surface area (Å²) in [5, 5.41) is 17.9. The maximum absolute atomic E-state index is 9.04. The van der Waals surface area contributed by atoms with Gasteiger partial charge in [0, 0.05) is 12.6 Å². The standard InChI is InChI=1S/C10H16N2O/c11-7-10-8-1-3-9(4-2-8)12(10)5-6-13/h8-10,13H,1-6H2. The lowest BCUT2D eigenvalue weighted by atomic mass is 9.75. The Labute approximate surface area is 79.0 Å². The molecule has 2 aliphatic heterocycles. The maximum Gasteiger partial charge on any atom is 0.101 e. The molecular weight excluding hydrogens is 164 g/mol. The Morgan fingerprint density at radius 3 is 2.54 bits per heavy atom. The molecule has 0 aromatic heterocycles. The van der Waals surface area contributed by atoms with Crippen LogP contribution < -0.4 is 0 Å². The molecule has 2 bridgehead atoms. The fourth-order valence-electron chi connectivity index (χ4n) is 2.86. The first-order valence-electron chi connectivity index (χ1n) is 5.13. The Hall–Kier alpha value is -0.590. The Morgan fingerprint density at radius 2 is 2.00 bits per heavy atom. The van der Waals surface area contributed by atoms with Crippen LogP contribution in [0.15, 0.2) is 0 Å². The molecule has 1 N–H and O–H groups in total. The van der Waals surface area contributed by atoms with Gasteiger partial charge in [-0.05, 0) is 31.6 Å². The van der Waals surface area contributed by atoms with Gasteiger partial charge in [0.2, 0.25) is 0 Å². The molecule has 1 atom stereocenters. The van der Waals surface area contributed by atoms with Crippen LogP contribution in [0, 0.1) is 17.2 Å². The molecule has 13 heavy (non-hydrogen) atoms. The van der Waals surface area contributed by atoms with Crippen molar-refractivity contribution in [3.8, 4) is 6.07 Å². The lowest BCUT2D eigenvalue weighted by molar-refractivity contribution is 0.00388. The fraction of sp³-hybridized carbons (Fsp3) is 0.900. The molecule has 0 spiro atoms. The second-order valence-corrected chi connectivity index (χ2v) is 4.10. The van der Waals surface area contributed by atoms with Gasteiger partial charge >= 0.3 is 0 Å². The summed E-state index contributed by atoms with van der Waals surface area (Å²) in [7, 11) is 0. The molecule has 3 aliphatic rings. The smallest absolute Gasteiger partial charge is 0.101 e. The number of hydrogen-bond donors (Lipinski definition) is 1. The van der Waals surface area contributed by atoms with Crippen molar-refractivity contribution in [2.45, 2.75) is 37.8 Å². The first-order valence-corrected chi connectivity index (χ1v) is 5.13. The van der Waals surface area contributed by atoms with Crippen LogP contribution in [0.5, 0.6) is 0 Å². The number of hydrogen-bond acceptors (Lipinski definition) is 3. The van der Waals surface area contributed by atoms with E-state index in [0.717, 1.165) is 0 Å². The lowest BCUT2D eigenvalue weighted by Crippen LogP contribution is -2.55. The predicted molar refractivity (Wildman–Crippen MR) is 48.9 cm³/mol. The number of nitrogens with zero attached hydrogens (tertiary/aromatic N) is 2. The average molecular weight is 180 g/mol. The van der Waals surface area contributed by atoms with Crippen molar-refractivity contribution >= 4 is 0 Å². The highest BCUT2D eigenvalue weighted by Gasteiger charge is 2.41. The molecule has 0 aromatic rings. The molecule has 3 heteroatoms. The number of aliphatic hydroxyl groups excluding tert-OH is 1. The van der Waals surface area contributed by atoms with Gasteiger partial charge < -0.3 is 5.11 Å². The van der Waals surface area contributed by atoms with E-state index in [1.165, 1.54) is 25.7 Å². The summed E-state index contributed by atoms with van der Waals surface area (Å²) in [4.78, 5) is 2.21. The minimum atomic E-state index is 0.0830. The van der Waals surface area contributed by atoms with E-state index in [1.807, 2.05) is 0 Å². The van der Waals surface area contributed by atoms with Crippen LogP contribution >= 0.6 is 0 Å². The molecule has 0 aromatic carbocycles. The van der Waals surface area contributed by atoms with Crippen LogP contribution in [-0.4, -0.2) is 35.2 Å². The normalized spacial score (nSPS) is 38.9. The molecule has 0 radical (unpaired) electrons. The van der Waals surface area contributed by atoms with Crippen molar-refractivity contribution in [2.24, 2.45) is 5.92 Å². The number of rotatable bonds is 2. The van der Waals surface area contributed by atoms with Crippen molar-refractivity contribution in [3.05, 3.63) is 0 Å². The summed E-state index contributed by atoms with van der Waals surface area (Å²) >= 11 is 0. The lowest BCUT2D eigenvalue weighted by Gasteiger charge is -2.48. The zero-order chi connectivity index (χ0) is 9.26. The highest BCUT2D eigenvalue weighted by Crippen LogP contribution is 2.38. The summed E-state index contributed by atoms with van der Waals surface area (Å²) in [6, 6.07) is 3.04. The zero-order valence-electron chi connectivity index (χ0n) is 7.82.